The first-order valence-electron chi connectivity index (χ1n) is 19.5. The number of hydrogen-bond acceptors (Lipinski definition) is 1. The van der Waals surface area contributed by atoms with Crippen molar-refractivity contribution in [1.82, 2.24) is 9.13 Å². The van der Waals surface area contributed by atoms with Gasteiger partial charge in [0, 0.05) is 53.1 Å². The fourth-order valence-corrected chi connectivity index (χ4v) is 10.1. The third-order valence-electron chi connectivity index (χ3n) is 11.7. The summed E-state index contributed by atoms with van der Waals surface area (Å²) < 4.78 is 7.44. The van der Waals surface area contributed by atoms with Crippen molar-refractivity contribution < 1.29 is 0 Å². The van der Waals surface area contributed by atoms with Gasteiger partial charge in [-0.05, 0) is 112 Å². The molecule has 3 aromatic heterocycles. The van der Waals surface area contributed by atoms with Gasteiger partial charge in [0.1, 0.15) is 0 Å². The molecule has 0 atom stereocenters. The number of benzene rings is 9. The second-order valence-corrected chi connectivity index (χ2v) is 16.0. The van der Waals surface area contributed by atoms with Gasteiger partial charge in [-0.25, -0.2) is 0 Å². The van der Waals surface area contributed by atoms with Crippen molar-refractivity contribution >= 4 is 75.1 Å². The van der Waals surface area contributed by atoms with Crippen LogP contribution >= 0.6 is 11.3 Å². The summed E-state index contributed by atoms with van der Waals surface area (Å²) in [6.45, 7) is 0. The van der Waals surface area contributed by atoms with Gasteiger partial charge in [-0.3, -0.25) is 0 Å². The lowest BCUT2D eigenvalue weighted by atomic mass is 9.98. The number of aromatic nitrogens is 2. The maximum absolute atomic E-state index is 2.40. The number of hydrogen-bond donors (Lipinski definition) is 0. The summed E-state index contributed by atoms with van der Waals surface area (Å²) in [7, 11) is 0. The third kappa shape index (κ3) is 5.10. The van der Waals surface area contributed by atoms with Crippen LogP contribution in [0.3, 0.4) is 0 Å². The molecule has 0 saturated carbocycles. The van der Waals surface area contributed by atoms with Gasteiger partial charge < -0.3 is 9.13 Å². The fraction of sp³-hybridized carbons (Fsp3) is 0. The largest absolute Gasteiger partial charge is 0.309 e. The third-order valence-corrected chi connectivity index (χ3v) is 12.9. The average Bonchev–Trinajstić information content (AvgIpc) is 3.94. The molecule has 0 bridgehead atoms. The van der Waals surface area contributed by atoms with Gasteiger partial charge in [0.25, 0.3) is 0 Å². The van der Waals surface area contributed by atoms with E-state index < -0.39 is 0 Å². The predicted molar refractivity (Wildman–Crippen MR) is 244 cm³/mol. The summed E-state index contributed by atoms with van der Waals surface area (Å²) in [4.78, 5) is 0. The predicted octanol–water partition coefficient (Wildman–Crippen LogP) is 15.2. The molecule has 0 aliphatic rings. The Bertz CT molecular complexity index is 3490. The Morgan fingerprint density at radius 2 is 0.632 bits per heavy atom. The highest BCUT2D eigenvalue weighted by Crippen LogP contribution is 2.39. The van der Waals surface area contributed by atoms with Crippen LogP contribution in [0.2, 0.25) is 0 Å². The summed E-state index contributed by atoms with van der Waals surface area (Å²) in [6.07, 6.45) is 0. The minimum absolute atomic E-state index is 1.16. The molecule has 0 unspecified atom stereocenters. The fourth-order valence-electron chi connectivity index (χ4n) is 9.00. The minimum Gasteiger partial charge on any atom is -0.309 e. The number of para-hydroxylation sites is 3. The van der Waals surface area contributed by atoms with E-state index in [1.807, 2.05) is 11.3 Å². The second kappa shape index (κ2) is 12.7. The van der Waals surface area contributed by atoms with Crippen LogP contribution in [0, 0.1) is 0 Å². The topological polar surface area (TPSA) is 9.86 Å². The highest BCUT2D eigenvalue weighted by Gasteiger charge is 2.16. The summed E-state index contributed by atoms with van der Waals surface area (Å²) in [5.41, 5.74) is 14.5. The van der Waals surface area contributed by atoms with Gasteiger partial charge in [0.15, 0.2) is 0 Å². The normalized spacial score (nSPS) is 11.9. The lowest BCUT2D eigenvalue weighted by Crippen LogP contribution is -1.93. The van der Waals surface area contributed by atoms with E-state index in [1.54, 1.807) is 0 Å². The molecule has 0 saturated heterocycles. The van der Waals surface area contributed by atoms with Crippen molar-refractivity contribution in [1.29, 1.82) is 0 Å². The van der Waals surface area contributed by atoms with Crippen molar-refractivity contribution in [3.8, 4) is 44.8 Å². The highest BCUT2D eigenvalue weighted by molar-refractivity contribution is 7.25. The standard InChI is InChI=1S/C54H34N2S/c1-2-10-41(11-3-1)55-49-15-7-4-12-43(49)46-32-38(24-29-51(46)55)35-18-20-36(21-19-35)39-25-30-52-47(33-39)44-13-5-8-16-50(44)56(52)42-27-22-37(23-28-42)40-26-31-54-48(34-40)45-14-6-9-17-53(45)57-54/h1-34H. The molecular formula is C54H34N2S. The Kier molecular flexibility index (Phi) is 7.13. The first kappa shape index (κ1) is 32.1. The number of nitrogens with zero attached hydrogens (tertiary/aromatic N) is 2. The molecule has 0 aliphatic carbocycles. The van der Waals surface area contributed by atoms with E-state index in [4.69, 9.17) is 0 Å². The quantitative estimate of drug-likeness (QED) is 0.166. The Balaban J connectivity index is 0.889. The van der Waals surface area contributed by atoms with Gasteiger partial charge in [0.2, 0.25) is 0 Å². The first-order chi connectivity index (χ1) is 28.2. The molecule has 9 aromatic carbocycles. The van der Waals surface area contributed by atoms with E-state index in [9.17, 15) is 0 Å². The zero-order valence-corrected chi connectivity index (χ0v) is 31.7. The van der Waals surface area contributed by atoms with E-state index >= 15 is 0 Å². The highest BCUT2D eigenvalue weighted by atomic mass is 32.1. The minimum atomic E-state index is 1.16. The molecule has 0 aliphatic heterocycles. The smallest absolute Gasteiger partial charge is 0.0541 e. The number of fused-ring (bicyclic) bond motifs is 9. The summed E-state index contributed by atoms with van der Waals surface area (Å²) in [6, 6.07) is 75.6. The summed E-state index contributed by atoms with van der Waals surface area (Å²) in [5.74, 6) is 0. The van der Waals surface area contributed by atoms with Crippen molar-refractivity contribution in [2.75, 3.05) is 0 Å². The van der Waals surface area contributed by atoms with Gasteiger partial charge in [-0.15, -0.1) is 11.3 Å². The Morgan fingerprint density at radius 1 is 0.246 bits per heavy atom. The molecule has 0 fully saturated rings. The molecule has 12 rings (SSSR count). The summed E-state index contributed by atoms with van der Waals surface area (Å²) >= 11 is 1.86. The van der Waals surface area contributed by atoms with Crippen LogP contribution < -0.4 is 0 Å². The van der Waals surface area contributed by atoms with E-state index in [-0.39, 0.29) is 0 Å². The molecule has 57 heavy (non-hydrogen) atoms. The van der Waals surface area contributed by atoms with Gasteiger partial charge in [0.05, 0.1) is 22.1 Å². The van der Waals surface area contributed by atoms with Crippen LogP contribution in [-0.4, -0.2) is 9.13 Å². The van der Waals surface area contributed by atoms with Crippen LogP contribution in [0.25, 0.3) is 109 Å². The molecule has 3 heteroatoms. The Morgan fingerprint density at radius 3 is 1.21 bits per heavy atom. The SMILES string of the molecule is c1ccc(-n2c3ccccc3c3cc(-c4ccc(-c5ccc6c(c5)c5ccccc5n6-c5ccc(-c6ccc7sc8ccccc8c7c6)cc5)cc4)ccc32)cc1. The van der Waals surface area contributed by atoms with E-state index in [2.05, 4.69) is 215 Å². The van der Waals surface area contributed by atoms with E-state index in [0.29, 0.717) is 0 Å². The molecule has 2 nitrogen and oxygen atoms in total. The zero-order chi connectivity index (χ0) is 37.5. The van der Waals surface area contributed by atoms with Crippen molar-refractivity contribution in [3.05, 3.63) is 206 Å². The van der Waals surface area contributed by atoms with Crippen LogP contribution in [0.5, 0.6) is 0 Å². The maximum Gasteiger partial charge on any atom is 0.0541 e. The lowest BCUT2D eigenvalue weighted by Gasteiger charge is -2.10. The van der Waals surface area contributed by atoms with Gasteiger partial charge in [-0.1, -0.05) is 127 Å². The molecule has 12 aromatic rings. The zero-order valence-electron chi connectivity index (χ0n) is 30.9. The van der Waals surface area contributed by atoms with Crippen molar-refractivity contribution in [2.45, 2.75) is 0 Å². The first-order valence-corrected chi connectivity index (χ1v) is 20.3. The maximum atomic E-state index is 2.40. The monoisotopic (exact) mass is 742 g/mol. The van der Waals surface area contributed by atoms with Crippen molar-refractivity contribution in [2.24, 2.45) is 0 Å². The molecule has 266 valence electrons. The van der Waals surface area contributed by atoms with Crippen LogP contribution in [0.4, 0.5) is 0 Å². The van der Waals surface area contributed by atoms with Crippen LogP contribution in [-0.2, 0) is 0 Å². The van der Waals surface area contributed by atoms with Crippen LogP contribution in [0.15, 0.2) is 206 Å². The average molecular weight is 743 g/mol. The molecule has 0 radical (unpaired) electrons. The number of thiophene rings is 1. The van der Waals surface area contributed by atoms with E-state index in [0.717, 1.165) is 5.69 Å². The lowest BCUT2D eigenvalue weighted by molar-refractivity contribution is 1.18. The molecule has 0 amide bonds. The van der Waals surface area contributed by atoms with Crippen LogP contribution in [0.1, 0.15) is 0 Å². The van der Waals surface area contributed by atoms with E-state index in [1.165, 1.54) is 103 Å². The Labute approximate surface area is 333 Å². The molecular weight excluding hydrogens is 709 g/mol. The molecule has 0 spiro atoms. The molecule has 0 N–H and O–H groups in total. The summed E-state index contributed by atoms with van der Waals surface area (Å²) in [5, 5.41) is 7.70. The number of rotatable bonds is 5. The molecule has 3 heterocycles. The van der Waals surface area contributed by atoms with Gasteiger partial charge in [-0.2, -0.15) is 0 Å². The Hall–Kier alpha value is -7.20. The van der Waals surface area contributed by atoms with Gasteiger partial charge >= 0.3 is 0 Å². The van der Waals surface area contributed by atoms with Crippen molar-refractivity contribution in [3.63, 3.8) is 0 Å². The second-order valence-electron chi connectivity index (χ2n) is 14.9.